The Balaban J connectivity index is 1.69. The summed E-state index contributed by atoms with van der Waals surface area (Å²) in [6.45, 7) is 1.70. The van der Waals surface area contributed by atoms with Crippen LogP contribution in [0.4, 0.5) is 4.79 Å². The molecule has 0 bridgehead atoms. The van der Waals surface area contributed by atoms with Crippen molar-refractivity contribution in [2.75, 3.05) is 5.75 Å². The molecule has 2 heterocycles. The highest BCUT2D eigenvalue weighted by molar-refractivity contribution is 8.00. The lowest BCUT2D eigenvalue weighted by Gasteiger charge is -2.49. The van der Waals surface area contributed by atoms with Crippen LogP contribution in [0.3, 0.4) is 0 Å². The van der Waals surface area contributed by atoms with E-state index in [0.29, 0.717) is 16.9 Å². The summed E-state index contributed by atoms with van der Waals surface area (Å²) < 4.78 is 4.73. The molecular formula is C16H17N3O5S. The number of carboxylic acid groups (broad SMARTS) is 1. The zero-order valence-electron chi connectivity index (χ0n) is 13.3. The second kappa shape index (κ2) is 6.77. The number of ether oxygens (including phenoxy) is 1. The highest BCUT2D eigenvalue weighted by atomic mass is 32.2. The molecule has 8 nitrogen and oxygen atoms in total. The Morgan fingerprint density at radius 3 is 2.72 bits per heavy atom. The van der Waals surface area contributed by atoms with Gasteiger partial charge in [-0.25, -0.2) is 4.79 Å². The lowest BCUT2D eigenvalue weighted by Crippen LogP contribution is -2.70. The maximum absolute atomic E-state index is 12.4. The van der Waals surface area contributed by atoms with Crippen molar-refractivity contribution in [3.8, 4) is 0 Å². The smallest absolute Gasteiger partial charge is 0.449 e. The fourth-order valence-electron chi connectivity index (χ4n) is 2.74. The van der Waals surface area contributed by atoms with E-state index < -0.39 is 35.4 Å². The van der Waals surface area contributed by atoms with Crippen LogP contribution in [0.1, 0.15) is 18.5 Å². The van der Waals surface area contributed by atoms with Crippen molar-refractivity contribution in [1.82, 2.24) is 10.2 Å². The first-order valence-electron chi connectivity index (χ1n) is 7.56. The zero-order valence-corrected chi connectivity index (χ0v) is 14.2. The van der Waals surface area contributed by atoms with Gasteiger partial charge in [0.1, 0.15) is 17.5 Å². The average molecular weight is 363 g/mol. The number of carbonyl (C=O) groups is 3. The SMILES string of the molecule is CC1=C(OC(=O)O)N2C(=O)C(NC(=O)C(N)c3ccccc3)[C@@H]2SC1. The first-order chi connectivity index (χ1) is 11.9. The molecule has 25 heavy (non-hydrogen) atoms. The molecule has 9 heteroatoms. The number of amides is 2. The summed E-state index contributed by atoms with van der Waals surface area (Å²) in [4.78, 5) is 36.8. The number of β-lactam (4-membered cyclic amide) rings is 1. The van der Waals surface area contributed by atoms with E-state index in [0.717, 1.165) is 0 Å². The molecule has 4 N–H and O–H groups in total. The van der Waals surface area contributed by atoms with Crippen LogP contribution in [0.15, 0.2) is 41.8 Å². The van der Waals surface area contributed by atoms with Crippen LogP contribution < -0.4 is 11.1 Å². The van der Waals surface area contributed by atoms with Crippen LogP contribution in [0.5, 0.6) is 0 Å². The molecule has 2 unspecified atom stereocenters. The predicted molar refractivity (Wildman–Crippen MR) is 90.2 cm³/mol. The Hall–Kier alpha value is -2.52. The van der Waals surface area contributed by atoms with Gasteiger partial charge in [-0.05, 0) is 18.1 Å². The van der Waals surface area contributed by atoms with Crippen LogP contribution >= 0.6 is 11.8 Å². The molecule has 3 atom stereocenters. The number of thioether (sulfide) groups is 1. The van der Waals surface area contributed by atoms with E-state index in [1.807, 2.05) is 6.07 Å². The lowest BCUT2D eigenvalue weighted by atomic mass is 10.0. The Kier molecular flexibility index (Phi) is 4.69. The van der Waals surface area contributed by atoms with E-state index in [1.54, 1.807) is 31.2 Å². The molecule has 0 radical (unpaired) electrons. The van der Waals surface area contributed by atoms with Crippen LogP contribution in [0.2, 0.25) is 0 Å². The summed E-state index contributed by atoms with van der Waals surface area (Å²) in [5.41, 5.74) is 7.24. The third kappa shape index (κ3) is 3.20. The minimum absolute atomic E-state index is 0.0270. The van der Waals surface area contributed by atoms with Crippen LogP contribution in [0.25, 0.3) is 0 Å². The van der Waals surface area contributed by atoms with Crippen molar-refractivity contribution >= 4 is 29.7 Å². The summed E-state index contributed by atoms with van der Waals surface area (Å²) >= 11 is 1.43. The number of nitrogens with two attached hydrogens (primary N) is 1. The fraction of sp³-hybridized carbons (Fsp3) is 0.312. The molecule has 2 amide bonds. The molecule has 1 fully saturated rings. The van der Waals surface area contributed by atoms with Gasteiger partial charge in [-0.2, -0.15) is 0 Å². The van der Waals surface area contributed by atoms with Crippen LogP contribution in [0, 0.1) is 0 Å². The molecule has 1 aromatic carbocycles. The van der Waals surface area contributed by atoms with Crippen LogP contribution in [-0.2, 0) is 14.3 Å². The number of hydrogen-bond acceptors (Lipinski definition) is 6. The highest BCUT2D eigenvalue weighted by Crippen LogP contribution is 2.40. The van der Waals surface area contributed by atoms with E-state index in [2.05, 4.69) is 5.32 Å². The van der Waals surface area contributed by atoms with Crippen molar-refractivity contribution in [3.05, 3.63) is 47.4 Å². The topological polar surface area (TPSA) is 122 Å². The summed E-state index contributed by atoms with van der Waals surface area (Å²) in [5, 5.41) is 11.1. The van der Waals surface area contributed by atoms with Gasteiger partial charge in [-0.15, -0.1) is 11.8 Å². The minimum atomic E-state index is -1.48. The monoisotopic (exact) mass is 363 g/mol. The van der Waals surface area contributed by atoms with Gasteiger partial charge in [0.15, 0.2) is 0 Å². The van der Waals surface area contributed by atoms with Gasteiger partial charge < -0.3 is 20.9 Å². The van der Waals surface area contributed by atoms with Crippen molar-refractivity contribution < 1.29 is 24.2 Å². The molecule has 3 rings (SSSR count). The standard InChI is InChI=1S/C16H17N3O5S/c1-8-7-25-15-11(13(21)19(15)14(8)24-16(22)23)18-12(20)10(17)9-5-3-2-4-6-9/h2-6,10-11,15H,7,17H2,1H3,(H,18,20)(H,22,23)/t10?,11?,15-/m0/s1. The van der Waals surface area contributed by atoms with Gasteiger partial charge in [-0.1, -0.05) is 30.3 Å². The summed E-state index contributed by atoms with van der Waals surface area (Å²) in [7, 11) is 0. The molecule has 0 spiro atoms. The van der Waals surface area contributed by atoms with Gasteiger partial charge >= 0.3 is 6.16 Å². The molecular weight excluding hydrogens is 346 g/mol. The normalized spacial score (nSPS) is 23.4. The third-order valence-electron chi connectivity index (χ3n) is 4.02. The number of benzene rings is 1. The first-order valence-corrected chi connectivity index (χ1v) is 8.61. The molecule has 0 aliphatic carbocycles. The maximum Gasteiger partial charge on any atom is 0.512 e. The Bertz CT molecular complexity index is 751. The van der Waals surface area contributed by atoms with E-state index in [4.69, 9.17) is 15.6 Å². The summed E-state index contributed by atoms with van der Waals surface area (Å²) in [5.74, 6) is -0.342. The Labute approximate surface area is 148 Å². The van der Waals surface area contributed by atoms with Gasteiger partial charge in [-0.3, -0.25) is 14.5 Å². The van der Waals surface area contributed by atoms with E-state index in [-0.39, 0.29) is 5.88 Å². The number of carbonyl (C=O) groups excluding carboxylic acids is 2. The second-order valence-corrected chi connectivity index (χ2v) is 6.84. The van der Waals surface area contributed by atoms with Crippen molar-refractivity contribution in [1.29, 1.82) is 0 Å². The third-order valence-corrected chi connectivity index (χ3v) is 5.44. The highest BCUT2D eigenvalue weighted by Gasteiger charge is 2.53. The molecule has 0 aromatic heterocycles. The summed E-state index contributed by atoms with van der Waals surface area (Å²) in [6.07, 6.45) is -1.48. The van der Waals surface area contributed by atoms with Crippen molar-refractivity contribution in [3.63, 3.8) is 0 Å². The molecule has 1 saturated heterocycles. The minimum Gasteiger partial charge on any atom is -0.449 e. The molecule has 0 saturated carbocycles. The van der Waals surface area contributed by atoms with Gasteiger partial charge in [0.05, 0.1) is 0 Å². The number of nitrogens with zero attached hydrogens (tertiary/aromatic N) is 1. The van der Waals surface area contributed by atoms with Gasteiger partial charge in [0.2, 0.25) is 11.8 Å². The largest absolute Gasteiger partial charge is 0.512 e. The fourth-order valence-corrected chi connectivity index (χ4v) is 4.00. The van der Waals surface area contributed by atoms with Crippen molar-refractivity contribution in [2.24, 2.45) is 5.73 Å². The quantitative estimate of drug-likeness (QED) is 0.539. The molecule has 2 aliphatic rings. The van der Waals surface area contributed by atoms with Crippen LogP contribution in [-0.4, -0.2) is 45.1 Å². The Morgan fingerprint density at radius 1 is 1.40 bits per heavy atom. The first kappa shape index (κ1) is 17.3. The number of fused-ring (bicyclic) bond motifs is 1. The Morgan fingerprint density at radius 2 is 2.08 bits per heavy atom. The van der Waals surface area contributed by atoms with Gasteiger partial charge in [0, 0.05) is 5.75 Å². The number of rotatable bonds is 4. The summed E-state index contributed by atoms with van der Waals surface area (Å²) in [6, 6.07) is 7.20. The second-order valence-electron chi connectivity index (χ2n) is 5.74. The van der Waals surface area contributed by atoms with Crippen molar-refractivity contribution in [2.45, 2.75) is 24.4 Å². The van der Waals surface area contributed by atoms with Gasteiger partial charge in [0.25, 0.3) is 5.91 Å². The van der Waals surface area contributed by atoms with E-state index in [9.17, 15) is 14.4 Å². The molecule has 2 aliphatic heterocycles. The predicted octanol–water partition coefficient (Wildman–Crippen LogP) is 1.01. The maximum atomic E-state index is 12.4. The lowest BCUT2D eigenvalue weighted by molar-refractivity contribution is -0.149. The zero-order chi connectivity index (χ0) is 18.1. The number of hydrogen-bond donors (Lipinski definition) is 3. The molecule has 132 valence electrons. The van der Waals surface area contributed by atoms with E-state index >= 15 is 0 Å². The molecule has 1 aromatic rings. The van der Waals surface area contributed by atoms with E-state index in [1.165, 1.54) is 16.7 Å². The number of nitrogens with one attached hydrogen (secondary N) is 1. The average Bonchev–Trinajstić information content (AvgIpc) is 2.60.